The molecule has 0 amide bonds. The summed E-state index contributed by atoms with van der Waals surface area (Å²) < 4.78 is 7.33. The third kappa shape index (κ3) is 2.66. The first-order chi connectivity index (χ1) is 12.1. The lowest BCUT2D eigenvalue weighted by Gasteiger charge is -2.13. The van der Waals surface area contributed by atoms with Gasteiger partial charge in [0.15, 0.2) is 0 Å². The molecule has 0 N–H and O–H groups in total. The fraction of sp³-hybridized carbons (Fsp3) is 0.316. The second kappa shape index (κ2) is 6.11. The van der Waals surface area contributed by atoms with Crippen molar-refractivity contribution in [3.8, 4) is 0 Å². The van der Waals surface area contributed by atoms with Crippen LogP contribution in [0.3, 0.4) is 0 Å². The van der Waals surface area contributed by atoms with Gasteiger partial charge in [0, 0.05) is 13.0 Å². The number of rotatable bonds is 3. The highest BCUT2D eigenvalue weighted by Crippen LogP contribution is 2.30. The first-order valence-electron chi connectivity index (χ1n) is 8.35. The Kier molecular flexibility index (Phi) is 3.92. The number of nitrogens with zero attached hydrogens (tertiary/aromatic N) is 2. The van der Waals surface area contributed by atoms with Crippen LogP contribution in [0.25, 0.3) is 10.2 Å². The van der Waals surface area contributed by atoms with E-state index < -0.39 is 5.97 Å². The van der Waals surface area contributed by atoms with Crippen molar-refractivity contribution in [1.29, 1.82) is 0 Å². The Balaban J connectivity index is 1.70. The van der Waals surface area contributed by atoms with Gasteiger partial charge in [0.05, 0.1) is 5.39 Å². The minimum Gasteiger partial charge on any atom is -0.454 e. The Labute approximate surface area is 148 Å². The lowest BCUT2D eigenvalue weighted by molar-refractivity contribution is 0.0343. The monoisotopic (exact) mass is 354 g/mol. The lowest BCUT2D eigenvalue weighted by atomic mass is 10.1. The molecule has 4 rings (SSSR count). The van der Waals surface area contributed by atoms with E-state index in [1.165, 1.54) is 11.3 Å². The Morgan fingerprint density at radius 2 is 2.08 bits per heavy atom. The van der Waals surface area contributed by atoms with Crippen molar-refractivity contribution in [2.45, 2.75) is 39.3 Å². The van der Waals surface area contributed by atoms with Crippen molar-refractivity contribution in [3.05, 3.63) is 62.5 Å². The molecule has 6 heteroatoms. The highest BCUT2D eigenvalue weighted by atomic mass is 32.1. The van der Waals surface area contributed by atoms with Crippen LogP contribution in [0.4, 0.5) is 0 Å². The van der Waals surface area contributed by atoms with E-state index in [2.05, 4.69) is 4.98 Å². The number of carbonyl (C=O) groups is 1. The maximum Gasteiger partial charge on any atom is 0.349 e. The van der Waals surface area contributed by atoms with Crippen LogP contribution in [-0.2, 0) is 17.7 Å². The van der Waals surface area contributed by atoms with E-state index in [4.69, 9.17) is 4.74 Å². The van der Waals surface area contributed by atoms with Crippen LogP contribution in [0.5, 0.6) is 0 Å². The third-order valence-electron chi connectivity index (χ3n) is 4.65. The zero-order valence-corrected chi connectivity index (χ0v) is 14.9. The van der Waals surface area contributed by atoms with Gasteiger partial charge in [-0.2, -0.15) is 0 Å². The number of benzene rings is 1. The second-order valence-electron chi connectivity index (χ2n) is 6.28. The van der Waals surface area contributed by atoms with E-state index in [0.717, 1.165) is 24.2 Å². The Morgan fingerprint density at radius 3 is 2.84 bits per heavy atom. The zero-order chi connectivity index (χ0) is 17.6. The smallest absolute Gasteiger partial charge is 0.349 e. The molecule has 0 spiro atoms. The summed E-state index contributed by atoms with van der Waals surface area (Å²) in [6.45, 7) is 4.35. The van der Waals surface area contributed by atoms with Gasteiger partial charge in [0.25, 0.3) is 5.56 Å². The summed E-state index contributed by atoms with van der Waals surface area (Å²) in [7, 11) is 0. The highest BCUT2D eigenvalue weighted by Gasteiger charge is 2.25. The van der Waals surface area contributed by atoms with Crippen LogP contribution >= 0.6 is 11.3 Å². The minimum absolute atomic E-state index is 0.0404. The van der Waals surface area contributed by atoms with Crippen LogP contribution in [0.15, 0.2) is 35.1 Å². The van der Waals surface area contributed by atoms with Gasteiger partial charge in [-0.25, -0.2) is 9.78 Å². The second-order valence-corrected chi connectivity index (χ2v) is 7.28. The fourth-order valence-electron chi connectivity index (χ4n) is 3.28. The van der Waals surface area contributed by atoms with E-state index >= 15 is 0 Å². The molecule has 3 aromatic rings. The SMILES string of the molecule is Cc1c(C(=O)O[C@@H](C)c2ccccc2)sc2nc3n(c(=O)c12)CCC3. The third-order valence-corrected chi connectivity index (χ3v) is 5.82. The van der Waals surface area contributed by atoms with Gasteiger partial charge >= 0.3 is 5.97 Å². The van der Waals surface area contributed by atoms with E-state index in [-0.39, 0.29) is 11.7 Å². The standard InChI is InChI=1S/C19H18N2O3S/c1-11-15-17(20-14-9-6-10-21(14)18(15)22)25-16(11)19(23)24-12(2)13-7-4-3-5-8-13/h3-5,7-8,12H,6,9-10H2,1-2H3/t12-/m0/s1. The maximum absolute atomic E-state index is 12.7. The van der Waals surface area contributed by atoms with Crippen LogP contribution in [0, 0.1) is 6.92 Å². The molecule has 0 radical (unpaired) electrons. The Hall–Kier alpha value is -2.47. The topological polar surface area (TPSA) is 61.2 Å². The minimum atomic E-state index is -0.401. The molecule has 0 saturated carbocycles. The molecule has 0 saturated heterocycles. The molecule has 0 unspecified atom stereocenters. The quantitative estimate of drug-likeness (QED) is 0.674. The molecule has 25 heavy (non-hydrogen) atoms. The van der Waals surface area contributed by atoms with Crippen LogP contribution in [0.2, 0.25) is 0 Å². The van der Waals surface area contributed by atoms with Gasteiger partial charge in [0.2, 0.25) is 0 Å². The van der Waals surface area contributed by atoms with E-state index in [9.17, 15) is 9.59 Å². The summed E-state index contributed by atoms with van der Waals surface area (Å²) in [4.78, 5) is 31.0. The molecule has 5 nitrogen and oxygen atoms in total. The molecule has 0 fully saturated rings. The predicted molar refractivity (Wildman–Crippen MR) is 97.2 cm³/mol. The molecular weight excluding hydrogens is 336 g/mol. The van der Waals surface area contributed by atoms with Crippen LogP contribution in [0.1, 0.15) is 46.1 Å². The molecule has 128 valence electrons. The molecule has 3 heterocycles. The average Bonchev–Trinajstić information content (AvgIpc) is 3.21. The number of thiophene rings is 1. The predicted octanol–water partition coefficient (Wildman–Crippen LogP) is 3.63. The Bertz CT molecular complexity index is 1020. The van der Waals surface area contributed by atoms with Gasteiger partial charge in [-0.05, 0) is 31.4 Å². The summed E-state index contributed by atoms with van der Waals surface area (Å²) >= 11 is 1.25. The summed E-state index contributed by atoms with van der Waals surface area (Å²) in [5.74, 6) is 0.415. The van der Waals surface area contributed by atoms with Gasteiger partial charge in [-0.1, -0.05) is 30.3 Å². The molecule has 2 aromatic heterocycles. The highest BCUT2D eigenvalue weighted by molar-refractivity contribution is 7.20. The summed E-state index contributed by atoms with van der Waals surface area (Å²) in [5, 5.41) is 0.551. The van der Waals surface area contributed by atoms with Crippen molar-refractivity contribution in [2.75, 3.05) is 0 Å². The molecule has 1 atom stereocenters. The summed E-state index contributed by atoms with van der Waals surface area (Å²) in [6, 6.07) is 9.60. The van der Waals surface area contributed by atoms with Crippen molar-refractivity contribution in [3.63, 3.8) is 0 Å². The normalized spacial score (nSPS) is 14.5. The molecule has 0 aliphatic carbocycles. The van der Waals surface area contributed by atoms with E-state index in [1.807, 2.05) is 37.3 Å². The van der Waals surface area contributed by atoms with Crippen LogP contribution < -0.4 is 5.56 Å². The van der Waals surface area contributed by atoms with Gasteiger partial charge in [0.1, 0.15) is 21.6 Å². The zero-order valence-electron chi connectivity index (χ0n) is 14.1. The van der Waals surface area contributed by atoms with Crippen molar-refractivity contribution in [1.82, 2.24) is 9.55 Å². The number of hydrogen-bond acceptors (Lipinski definition) is 5. The van der Waals surface area contributed by atoms with Gasteiger partial charge in [-0.15, -0.1) is 11.3 Å². The molecule has 1 aliphatic rings. The van der Waals surface area contributed by atoms with E-state index in [0.29, 0.717) is 27.2 Å². The summed E-state index contributed by atoms with van der Waals surface area (Å²) in [6.07, 6.45) is 1.41. The number of carbonyl (C=O) groups excluding carboxylic acids is 1. The molecule has 1 aliphatic heterocycles. The molecule has 1 aromatic carbocycles. The van der Waals surface area contributed by atoms with E-state index in [1.54, 1.807) is 11.5 Å². The largest absolute Gasteiger partial charge is 0.454 e. The first kappa shape index (κ1) is 16.0. The van der Waals surface area contributed by atoms with Crippen molar-refractivity contribution in [2.24, 2.45) is 0 Å². The first-order valence-corrected chi connectivity index (χ1v) is 9.16. The molecule has 0 bridgehead atoms. The van der Waals surface area contributed by atoms with Gasteiger partial charge in [-0.3, -0.25) is 9.36 Å². The average molecular weight is 354 g/mol. The number of ether oxygens (including phenoxy) is 1. The number of esters is 1. The fourth-order valence-corrected chi connectivity index (χ4v) is 4.35. The lowest BCUT2D eigenvalue weighted by Crippen LogP contribution is -2.20. The Morgan fingerprint density at radius 1 is 1.32 bits per heavy atom. The summed E-state index contributed by atoms with van der Waals surface area (Å²) in [5.41, 5.74) is 1.57. The number of hydrogen-bond donors (Lipinski definition) is 0. The van der Waals surface area contributed by atoms with Crippen molar-refractivity contribution >= 4 is 27.5 Å². The number of fused-ring (bicyclic) bond motifs is 2. The number of aromatic nitrogens is 2. The van der Waals surface area contributed by atoms with Crippen LogP contribution in [-0.4, -0.2) is 15.5 Å². The van der Waals surface area contributed by atoms with Crippen molar-refractivity contribution < 1.29 is 9.53 Å². The number of aryl methyl sites for hydroxylation is 2. The molecular formula is C19H18N2O3S. The maximum atomic E-state index is 12.7. The van der Waals surface area contributed by atoms with Gasteiger partial charge < -0.3 is 4.74 Å².